The molecule has 2 aromatic rings. The number of nitrogens with zero attached hydrogens (tertiary/aromatic N) is 1. The van der Waals surface area contributed by atoms with Crippen LogP contribution in [0.2, 0.25) is 0 Å². The number of carbonyl (C=O) groups excluding carboxylic acids is 2. The number of rotatable bonds is 6. The molecule has 0 unspecified atom stereocenters. The van der Waals surface area contributed by atoms with Gasteiger partial charge in [-0.3, -0.25) is 4.79 Å². The van der Waals surface area contributed by atoms with Gasteiger partial charge in [0.2, 0.25) is 5.88 Å². The Bertz CT molecular complexity index is 820. The van der Waals surface area contributed by atoms with Crippen LogP contribution < -0.4 is 15.8 Å². The number of carbonyl (C=O) groups is 2. The van der Waals surface area contributed by atoms with Crippen molar-refractivity contribution in [3.63, 3.8) is 0 Å². The lowest BCUT2D eigenvalue weighted by atomic mass is 10.1. The number of methoxy groups -OCH3 is 1. The van der Waals surface area contributed by atoms with E-state index in [9.17, 15) is 14.0 Å². The van der Waals surface area contributed by atoms with E-state index in [0.717, 1.165) is 24.4 Å². The molecule has 1 aromatic carbocycles. The molecular weight excluding hydrogens is 349 g/mol. The van der Waals surface area contributed by atoms with Gasteiger partial charge < -0.3 is 20.5 Å². The largest absolute Gasteiger partial charge is 0.472 e. The van der Waals surface area contributed by atoms with Gasteiger partial charge in [-0.05, 0) is 42.1 Å². The highest BCUT2D eigenvalue weighted by Gasteiger charge is 2.25. The van der Waals surface area contributed by atoms with Crippen molar-refractivity contribution in [2.45, 2.75) is 25.5 Å². The quantitative estimate of drug-likeness (QED) is 0.760. The summed E-state index contributed by atoms with van der Waals surface area (Å²) < 4.78 is 28.0. The van der Waals surface area contributed by atoms with Crippen LogP contribution in [0.3, 0.4) is 0 Å². The second-order valence-electron chi connectivity index (χ2n) is 5.57. The predicted molar refractivity (Wildman–Crippen MR) is 89.1 cm³/mol. The van der Waals surface area contributed by atoms with Gasteiger partial charge in [-0.2, -0.15) is 4.37 Å². The molecule has 25 heavy (non-hydrogen) atoms. The molecule has 1 aliphatic rings. The normalized spacial score (nSPS) is 13.4. The molecule has 3 rings (SSSR count). The molecule has 0 spiro atoms. The second-order valence-corrected chi connectivity index (χ2v) is 6.37. The Kier molecular flexibility index (Phi) is 4.84. The first-order valence-electron chi connectivity index (χ1n) is 7.55. The monoisotopic (exact) mass is 365 g/mol. The Morgan fingerprint density at radius 2 is 2.20 bits per heavy atom. The van der Waals surface area contributed by atoms with E-state index in [4.69, 9.17) is 10.5 Å². The van der Waals surface area contributed by atoms with E-state index in [1.165, 1.54) is 25.3 Å². The number of hydrogen-bond acceptors (Lipinski definition) is 7. The lowest BCUT2D eigenvalue weighted by molar-refractivity contribution is 0.0596. The van der Waals surface area contributed by atoms with Gasteiger partial charge in [0.25, 0.3) is 5.91 Å². The SMILES string of the molecule is COC(=O)c1c(OCc2ccc(F)c(C(=O)NC3CC3)c2)nsc1N. The van der Waals surface area contributed by atoms with Crippen LogP contribution in [-0.2, 0) is 11.3 Å². The summed E-state index contributed by atoms with van der Waals surface area (Å²) in [6, 6.07) is 4.25. The minimum Gasteiger partial charge on any atom is -0.472 e. The fourth-order valence-corrected chi connectivity index (χ4v) is 2.74. The molecule has 7 nitrogen and oxygen atoms in total. The summed E-state index contributed by atoms with van der Waals surface area (Å²) in [5.74, 6) is -1.66. The molecule has 3 N–H and O–H groups in total. The Labute approximate surface area is 147 Å². The third-order valence-electron chi connectivity index (χ3n) is 3.64. The first-order valence-corrected chi connectivity index (χ1v) is 8.32. The molecule has 1 saturated carbocycles. The lowest BCUT2D eigenvalue weighted by Gasteiger charge is -2.09. The topological polar surface area (TPSA) is 104 Å². The molecule has 1 heterocycles. The number of nitrogen functional groups attached to an aromatic ring is 1. The molecule has 1 aromatic heterocycles. The van der Waals surface area contributed by atoms with Gasteiger partial charge in [-0.25, -0.2) is 9.18 Å². The van der Waals surface area contributed by atoms with Gasteiger partial charge in [0, 0.05) is 6.04 Å². The van der Waals surface area contributed by atoms with Gasteiger partial charge in [-0.15, -0.1) is 0 Å². The maximum absolute atomic E-state index is 13.9. The van der Waals surface area contributed by atoms with E-state index < -0.39 is 17.7 Å². The van der Waals surface area contributed by atoms with Crippen molar-refractivity contribution in [3.05, 3.63) is 40.7 Å². The van der Waals surface area contributed by atoms with E-state index in [0.29, 0.717) is 5.56 Å². The fourth-order valence-electron chi connectivity index (χ4n) is 2.15. The maximum Gasteiger partial charge on any atom is 0.346 e. The fraction of sp³-hybridized carbons (Fsp3) is 0.312. The summed E-state index contributed by atoms with van der Waals surface area (Å²) in [6.07, 6.45) is 1.83. The van der Waals surface area contributed by atoms with Gasteiger partial charge in [-0.1, -0.05) is 6.07 Å². The number of benzene rings is 1. The van der Waals surface area contributed by atoms with Gasteiger partial charge in [0.1, 0.15) is 17.4 Å². The molecular formula is C16H16FN3O4S. The summed E-state index contributed by atoms with van der Waals surface area (Å²) in [6.45, 7) is -0.00282. The molecule has 0 atom stereocenters. The highest BCUT2D eigenvalue weighted by molar-refractivity contribution is 7.10. The number of amides is 1. The van der Waals surface area contributed by atoms with Gasteiger partial charge in [0.15, 0.2) is 5.56 Å². The summed E-state index contributed by atoms with van der Waals surface area (Å²) in [7, 11) is 1.23. The number of ether oxygens (including phenoxy) is 2. The van der Waals surface area contributed by atoms with E-state index in [1.807, 2.05) is 0 Å². The Morgan fingerprint density at radius 3 is 2.88 bits per heavy atom. The summed E-state index contributed by atoms with van der Waals surface area (Å²) in [5, 5.41) is 2.92. The molecule has 1 amide bonds. The molecule has 9 heteroatoms. The smallest absolute Gasteiger partial charge is 0.346 e. The highest BCUT2D eigenvalue weighted by atomic mass is 32.1. The van der Waals surface area contributed by atoms with E-state index >= 15 is 0 Å². The van der Waals surface area contributed by atoms with Crippen LogP contribution in [-0.4, -0.2) is 29.4 Å². The minimum absolute atomic E-state index is 0.00282. The van der Waals surface area contributed by atoms with Crippen molar-refractivity contribution in [3.8, 4) is 5.88 Å². The first kappa shape index (κ1) is 17.2. The van der Waals surface area contributed by atoms with Crippen LogP contribution in [0.5, 0.6) is 5.88 Å². The Balaban J connectivity index is 1.73. The number of aromatic nitrogens is 1. The van der Waals surface area contributed by atoms with Crippen LogP contribution in [0.4, 0.5) is 9.39 Å². The second kappa shape index (κ2) is 7.06. The van der Waals surface area contributed by atoms with Gasteiger partial charge in [0.05, 0.1) is 12.7 Å². The molecule has 0 bridgehead atoms. The van der Waals surface area contributed by atoms with Crippen molar-refractivity contribution in [1.82, 2.24) is 9.69 Å². The Hall–Kier alpha value is -2.68. The summed E-state index contributed by atoms with van der Waals surface area (Å²) in [5.41, 5.74) is 6.27. The minimum atomic E-state index is -0.648. The zero-order chi connectivity index (χ0) is 18.0. The van der Waals surface area contributed by atoms with Crippen LogP contribution in [0, 0.1) is 5.82 Å². The molecule has 0 aliphatic heterocycles. The molecule has 1 aliphatic carbocycles. The van der Waals surface area contributed by atoms with Crippen LogP contribution >= 0.6 is 11.5 Å². The lowest BCUT2D eigenvalue weighted by Crippen LogP contribution is -2.26. The number of esters is 1. The van der Waals surface area contributed by atoms with Crippen LogP contribution in [0.25, 0.3) is 0 Å². The number of halogens is 1. The Morgan fingerprint density at radius 1 is 1.44 bits per heavy atom. The first-order chi connectivity index (χ1) is 12.0. The standard InChI is InChI=1S/C16H16FN3O4S/c1-23-16(22)12-13(18)25-20-15(12)24-7-8-2-5-11(17)10(6-8)14(21)19-9-3-4-9/h2,5-6,9H,3-4,7,18H2,1H3,(H,19,21). The average molecular weight is 365 g/mol. The average Bonchev–Trinajstić information content (AvgIpc) is 3.34. The zero-order valence-electron chi connectivity index (χ0n) is 13.4. The molecule has 0 radical (unpaired) electrons. The highest BCUT2D eigenvalue weighted by Crippen LogP contribution is 2.29. The van der Waals surface area contributed by atoms with E-state index in [2.05, 4.69) is 14.4 Å². The third-order valence-corrected chi connectivity index (χ3v) is 4.30. The third kappa shape index (κ3) is 3.87. The predicted octanol–water partition coefficient (Wildman–Crippen LogP) is 2.12. The van der Waals surface area contributed by atoms with Crippen molar-refractivity contribution >= 4 is 28.4 Å². The van der Waals surface area contributed by atoms with E-state index in [-0.39, 0.29) is 34.7 Å². The van der Waals surface area contributed by atoms with Gasteiger partial charge >= 0.3 is 5.97 Å². The number of hydrogen-bond donors (Lipinski definition) is 2. The van der Waals surface area contributed by atoms with Crippen molar-refractivity contribution < 1.29 is 23.5 Å². The number of nitrogens with two attached hydrogens (primary N) is 1. The molecule has 1 fully saturated rings. The summed E-state index contributed by atoms with van der Waals surface area (Å²) >= 11 is 0.912. The number of anilines is 1. The van der Waals surface area contributed by atoms with Crippen LogP contribution in [0.15, 0.2) is 18.2 Å². The maximum atomic E-state index is 13.9. The van der Waals surface area contributed by atoms with Crippen molar-refractivity contribution in [1.29, 1.82) is 0 Å². The van der Waals surface area contributed by atoms with Crippen LogP contribution in [0.1, 0.15) is 39.1 Å². The molecule has 132 valence electrons. The molecule has 0 saturated heterocycles. The van der Waals surface area contributed by atoms with E-state index in [1.54, 1.807) is 0 Å². The summed E-state index contributed by atoms with van der Waals surface area (Å²) in [4.78, 5) is 23.8. The van der Waals surface area contributed by atoms with Crippen molar-refractivity contribution in [2.24, 2.45) is 0 Å². The number of nitrogens with one attached hydrogen (secondary N) is 1. The van der Waals surface area contributed by atoms with Crippen molar-refractivity contribution in [2.75, 3.05) is 12.8 Å². The zero-order valence-corrected chi connectivity index (χ0v) is 14.2.